The van der Waals surface area contributed by atoms with Gasteiger partial charge in [0.2, 0.25) is 0 Å². The van der Waals surface area contributed by atoms with Crippen LogP contribution in [0.3, 0.4) is 0 Å². The fourth-order valence-corrected chi connectivity index (χ4v) is 3.98. The lowest BCUT2D eigenvalue weighted by atomic mass is 10.1. The predicted molar refractivity (Wildman–Crippen MR) is 116 cm³/mol. The number of anilines is 1. The molecule has 2 aromatic carbocycles. The van der Waals surface area contributed by atoms with Gasteiger partial charge in [-0.05, 0) is 36.8 Å². The minimum Gasteiger partial charge on any atom is -0.347 e. The first-order chi connectivity index (χ1) is 14.1. The fourth-order valence-electron chi connectivity index (χ4n) is 2.97. The van der Waals surface area contributed by atoms with Crippen molar-refractivity contribution in [2.24, 2.45) is 0 Å². The van der Waals surface area contributed by atoms with E-state index >= 15 is 0 Å². The Morgan fingerprint density at radius 2 is 1.69 bits per heavy atom. The van der Waals surface area contributed by atoms with Crippen LogP contribution in [0.15, 0.2) is 72.9 Å². The van der Waals surface area contributed by atoms with Crippen molar-refractivity contribution in [1.82, 2.24) is 10.3 Å². The van der Waals surface area contributed by atoms with Gasteiger partial charge in [0.15, 0.2) is 0 Å². The molecule has 4 rings (SSSR count). The number of carbonyl (C=O) groups excluding carboxylic acids is 2. The summed E-state index contributed by atoms with van der Waals surface area (Å²) in [5, 5.41) is 6.60. The highest BCUT2D eigenvalue weighted by molar-refractivity contribution is 7.21. The summed E-state index contributed by atoms with van der Waals surface area (Å²) in [6.07, 6.45) is 1.68. The number of aryl methyl sites for hydroxylation is 1. The number of nitrogens with zero attached hydrogens (tertiary/aromatic N) is 1. The Balaban J connectivity index is 1.62. The predicted octanol–water partition coefficient (Wildman–Crippen LogP) is 4.79. The lowest BCUT2D eigenvalue weighted by Crippen LogP contribution is -2.23. The van der Waals surface area contributed by atoms with Crippen LogP contribution in [0.5, 0.6) is 0 Å². The number of amides is 2. The van der Waals surface area contributed by atoms with Crippen LogP contribution >= 0.6 is 11.3 Å². The van der Waals surface area contributed by atoms with E-state index in [1.54, 1.807) is 24.4 Å². The van der Waals surface area contributed by atoms with Gasteiger partial charge in [0, 0.05) is 23.7 Å². The van der Waals surface area contributed by atoms with E-state index in [0.717, 1.165) is 16.5 Å². The lowest BCUT2D eigenvalue weighted by Gasteiger charge is -2.09. The molecule has 0 saturated heterocycles. The standard InChI is InChI=1S/C23H19N3O2S/c1-15-9-11-17(12-10-15)21(27)26-19-18-8-5-13-24-23(18)29-20(19)22(28)25-14-16-6-3-2-4-7-16/h2-13H,14H2,1H3,(H,25,28)(H,26,27). The van der Waals surface area contributed by atoms with Gasteiger partial charge < -0.3 is 10.6 Å². The molecule has 2 heterocycles. The summed E-state index contributed by atoms with van der Waals surface area (Å²) in [5.41, 5.74) is 3.11. The molecule has 29 heavy (non-hydrogen) atoms. The maximum absolute atomic E-state index is 12.9. The molecular weight excluding hydrogens is 382 g/mol. The van der Waals surface area contributed by atoms with E-state index in [9.17, 15) is 9.59 Å². The van der Waals surface area contributed by atoms with Gasteiger partial charge in [-0.3, -0.25) is 9.59 Å². The molecule has 0 radical (unpaired) electrons. The topological polar surface area (TPSA) is 71.1 Å². The maximum Gasteiger partial charge on any atom is 0.263 e. The first kappa shape index (κ1) is 18.8. The molecular formula is C23H19N3O2S. The molecule has 0 bridgehead atoms. The Hall–Kier alpha value is -3.51. The van der Waals surface area contributed by atoms with Gasteiger partial charge in [0.1, 0.15) is 9.71 Å². The molecule has 0 spiro atoms. The largest absolute Gasteiger partial charge is 0.347 e. The average molecular weight is 401 g/mol. The zero-order valence-corrected chi connectivity index (χ0v) is 16.6. The smallest absolute Gasteiger partial charge is 0.263 e. The second-order valence-electron chi connectivity index (χ2n) is 6.65. The summed E-state index contributed by atoms with van der Waals surface area (Å²) in [5.74, 6) is -0.498. The lowest BCUT2D eigenvalue weighted by molar-refractivity contribution is 0.0956. The van der Waals surface area contributed by atoms with E-state index < -0.39 is 0 Å². The molecule has 2 aromatic heterocycles. The normalized spacial score (nSPS) is 10.7. The quantitative estimate of drug-likeness (QED) is 0.505. The summed E-state index contributed by atoms with van der Waals surface area (Å²) >= 11 is 1.27. The molecule has 0 aliphatic carbocycles. The third-order valence-corrected chi connectivity index (χ3v) is 5.63. The van der Waals surface area contributed by atoms with Gasteiger partial charge in [-0.2, -0.15) is 0 Å². The van der Waals surface area contributed by atoms with Crippen molar-refractivity contribution in [3.05, 3.63) is 94.5 Å². The molecule has 0 unspecified atom stereocenters. The van der Waals surface area contributed by atoms with Gasteiger partial charge in [-0.25, -0.2) is 4.98 Å². The van der Waals surface area contributed by atoms with Crippen LogP contribution < -0.4 is 10.6 Å². The maximum atomic E-state index is 12.9. The molecule has 2 amide bonds. The van der Waals surface area contributed by atoms with Crippen molar-refractivity contribution in [2.45, 2.75) is 13.5 Å². The molecule has 0 atom stereocenters. The van der Waals surface area contributed by atoms with Crippen LogP contribution in [0.4, 0.5) is 5.69 Å². The van der Waals surface area contributed by atoms with Gasteiger partial charge in [-0.1, -0.05) is 48.0 Å². The van der Waals surface area contributed by atoms with Crippen LogP contribution in [-0.4, -0.2) is 16.8 Å². The summed E-state index contributed by atoms with van der Waals surface area (Å²) in [6.45, 7) is 2.38. The summed E-state index contributed by atoms with van der Waals surface area (Å²) < 4.78 is 0. The Labute approximate surface area is 172 Å². The molecule has 4 aromatic rings. The molecule has 0 fully saturated rings. The highest BCUT2D eigenvalue weighted by Crippen LogP contribution is 2.34. The number of fused-ring (bicyclic) bond motifs is 1. The van der Waals surface area contributed by atoms with Crippen LogP contribution in [0.1, 0.15) is 31.2 Å². The van der Waals surface area contributed by atoms with Crippen molar-refractivity contribution in [3.63, 3.8) is 0 Å². The molecule has 5 nitrogen and oxygen atoms in total. The minimum absolute atomic E-state index is 0.240. The van der Waals surface area contributed by atoms with Crippen LogP contribution in [0, 0.1) is 6.92 Å². The van der Waals surface area contributed by atoms with Crippen molar-refractivity contribution < 1.29 is 9.59 Å². The Kier molecular flexibility index (Phi) is 5.35. The number of hydrogen-bond acceptors (Lipinski definition) is 4. The van der Waals surface area contributed by atoms with Crippen LogP contribution in [-0.2, 0) is 6.54 Å². The summed E-state index contributed by atoms with van der Waals surface area (Å²) in [7, 11) is 0. The number of carbonyl (C=O) groups is 2. The van der Waals surface area contributed by atoms with Crippen molar-refractivity contribution in [1.29, 1.82) is 0 Å². The molecule has 0 aliphatic heterocycles. The second-order valence-corrected chi connectivity index (χ2v) is 7.65. The van der Waals surface area contributed by atoms with E-state index in [2.05, 4.69) is 15.6 Å². The molecule has 0 saturated carbocycles. The minimum atomic E-state index is -0.259. The number of thiophene rings is 1. The van der Waals surface area contributed by atoms with Crippen molar-refractivity contribution >= 4 is 39.1 Å². The van der Waals surface area contributed by atoms with E-state index in [-0.39, 0.29) is 11.8 Å². The highest BCUT2D eigenvalue weighted by atomic mass is 32.1. The number of nitrogens with one attached hydrogen (secondary N) is 2. The third-order valence-electron chi connectivity index (χ3n) is 4.52. The number of hydrogen-bond donors (Lipinski definition) is 2. The van der Waals surface area contributed by atoms with Crippen LogP contribution in [0.25, 0.3) is 10.2 Å². The Morgan fingerprint density at radius 3 is 2.45 bits per heavy atom. The number of rotatable bonds is 5. The second kappa shape index (κ2) is 8.24. The highest BCUT2D eigenvalue weighted by Gasteiger charge is 2.21. The fraction of sp³-hybridized carbons (Fsp3) is 0.0870. The first-order valence-corrected chi connectivity index (χ1v) is 10.0. The van der Waals surface area contributed by atoms with E-state index in [0.29, 0.717) is 27.5 Å². The molecule has 2 N–H and O–H groups in total. The number of benzene rings is 2. The summed E-state index contributed by atoms with van der Waals surface area (Å²) in [4.78, 5) is 31.1. The number of pyridine rings is 1. The van der Waals surface area contributed by atoms with Gasteiger partial charge in [-0.15, -0.1) is 11.3 Å². The van der Waals surface area contributed by atoms with E-state index in [1.807, 2.05) is 55.5 Å². The van der Waals surface area contributed by atoms with Crippen molar-refractivity contribution in [3.8, 4) is 0 Å². The molecule has 144 valence electrons. The third kappa shape index (κ3) is 4.17. The van der Waals surface area contributed by atoms with Gasteiger partial charge in [0.25, 0.3) is 11.8 Å². The molecule has 0 aliphatic rings. The van der Waals surface area contributed by atoms with Gasteiger partial charge in [0.05, 0.1) is 5.69 Å². The van der Waals surface area contributed by atoms with E-state index in [4.69, 9.17) is 0 Å². The Morgan fingerprint density at radius 1 is 0.931 bits per heavy atom. The first-order valence-electron chi connectivity index (χ1n) is 9.19. The molecule has 6 heteroatoms. The van der Waals surface area contributed by atoms with E-state index in [1.165, 1.54) is 11.3 Å². The zero-order chi connectivity index (χ0) is 20.2. The average Bonchev–Trinajstić information content (AvgIpc) is 3.12. The van der Waals surface area contributed by atoms with Crippen molar-refractivity contribution in [2.75, 3.05) is 5.32 Å². The number of aromatic nitrogens is 1. The van der Waals surface area contributed by atoms with Gasteiger partial charge >= 0.3 is 0 Å². The monoisotopic (exact) mass is 401 g/mol. The Bertz CT molecular complexity index is 1170. The zero-order valence-electron chi connectivity index (χ0n) is 15.8. The summed E-state index contributed by atoms with van der Waals surface area (Å²) in [6, 6.07) is 20.7. The SMILES string of the molecule is Cc1ccc(C(=O)Nc2c(C(=O)NCc3ccccc3)sc3ncccc23)cc1. The van der Waals surface area contributed by atoms with Crippen LogP contribution in [0.2, 0.25) is 0 Å².